The molecule has 0 saturated carbocycles. The molecule has 0 aromatic heterocycles. The first-order chi connectivity index (χ1) is 8.62. The van der Waals surface area contributed by atoms with Crippen LogP contribution in [0, 0.1) is 0 Å². The van der Waals surface area contributed by atoms with Crippen molar-refractivity contribution in [3.63, 3.8) is 0 Å². The van der Waals surface area contributed by atoms with E-state index in [0.717, 1.165) is 30.6 Å². The topological polar surface area (TPSA) is 67.4 Å². The second-order valence-corrected chi connectivity index (χ2v) is 6.13. The second kappa shape index (κ2) is 5.69. The molecule has 6 heteroatoms. The van der Waals surface area contributed by atoms with Gasteiger partial charge in [-0.3, -0.25) is 4.72 Å². The van der Waals surface area contributed by atoms with Gasteiger partial charge < -0.3 is 10.1 Å². The molecule has 2 rings (SSSR count). The third-order valence-corrected chi connectivity index (χ3v) is 4.20. The molecule has 1 aliphatic heterocycles. The molecule has 0 unspecified atom stereocenters. The number of nitrogens with one attached hydrogen (secondary N) is 2. The summed E-state index contributed by atoms with van der Waals surface area (Å²) in [6, 6.07) is 5.71. The first-order valence-electron chi connectivity index (χ1n) is 5.93. The van der Waals surface area contributed by atoms with Crippen LogP contribution in [0.3, 0.4) is 0 Å². The van der Waals surface area contributed by atoms with E-state index in [1.807, 2.05) is 18.2 Å². The molecule has 1 aliphatic rings. The van der Waals surface area contributed by atoms with Crippen LogP contribution >= 0.6 is 0 Å². The summed E-state index contributed by atoms with van der Waals surface area (Å²) in [6.07, 6.45) is 0.846. The fourth-order valence-electron chi connectivity index (χ4n) is 2.04. The molecule has 0 saturated heterocycles. The molecule has 0 amide bonds. The average molecular weight is 270 g/mol. The minimum Gasteiger partial charge on any atom is -0.384 e. The van der Waals surface area contributed by atoms with Crippen molar-refractivity contribution in [2.45, 2.75) is 13.0 Å². The van der Waals surface area contributed by atoms with Crippen LogP contribution < -0.4 is 10.0 Å². The summed E-state index contributed by atoms with van der Waals surface area (Å²) in [5, 5.41) is 3.27. The number of sulfonamides is 1. The quantitative estimate of drug-likeness (QED) is 0.827. The zero-order chi connectivity index (χ0) is 13.0. The minimum absolute atomic E-state index is 0.0224. The smallest absolute Gasteiger partial charge is 0.235 e. The summed E-state index contributed by atoms with van der Waals surface area (Å²) in [5.41, 5.74) is 2.95. The minimum atomic E-state index is -3.33. The third-order valence-electron chi connectivity index (χ3n) is 2.96. The Labute approximate surface area is 108 Å². The Balaban J connectivity index is 2.19. The predicted octanol–water partition coefficient (Wildman–Crippen LogP) is 0.720. The van der Waals surface area contributed by atoms with E-state index in [4.69, 9.17) is 4.74 Å². The van der Waals surface area contributed by atoms with Gasteiger partial charge in [0.1, 0.15) is 0 Å². The van der Waals surface area contributed by atoms with Gasteiger partial charge in [0.15, 0.2) is 0 Å². The van der Waals surface area contributed by atoms with Crippen molar-refractivity contribution in [3.8, 4) is 0 Å². The molecular weight excluding hydrogens is 252 g/mol. The predicted molar refractivity (Wildman–Crippen MR) is 71.1 cm³/mol. The lowest BCUT2D eigenvalue weighted by Crippen LogP contribution is -2.26. The highest BCUT2D eigenvalue weighted by Crippen LogP contribution is 2.23. The largest absolute Gasteiger partial charge is 0.384 e. The highest BCUT2D eigenvalue weighted by Gasteiger charge is 2.16. The van der Waals surface area contributed by atoms with Gasteiger partial charge in [0.25, 0.3) is 0 Å². The first kappa shape index (κ1) is 13.3. The fraction of sp³-hybridized carbons (Fsp3) is 0.500. The number of anilines is 1. The summed E-state index contributed by atoms with van der Waals surface area (Å²) in [4.78, 5) is 0. The number of rotatable bonds is 5. The molecule has 0 aliphatic carbocycles. The van der Waals surface area contributed by atoms with Crippen LogP contribution in [0.5, 0.6) is 0 Å². The van der Waals surface area contributed by atoms with E-state index in [1.165, 1.54) is 7.11 Å². The second-order valence-electron chi connectivity index (χ2n) is 4.28. The highest BCUT2D eigenvalue weighted by molar-refractivity contribution is 7.92. The van der Waals surface area contributed by atoms with E-state index in [1.54, 1.807) is 0 Å². The van der Waals surface area contributed by atoms with Gasteiger partial charge in [-0.2, -0.15) is 0 Å². The Bertz CT molecular complexity index is 514. The maximum absolute atomic E-state index is 11.8. The van der Waals surface area contributed by atoms with Crippen molar-refractivity contribution in [2.24, 2.45) is 0 Å². The SMILES string of the molecule is COCCS(=O)(=O)Nc1cccc2c1CCNC2. The van der Waals surface area contributed by atoms with Crippen molar-refractivity contribution in [2.75, 3.05) is 30.7 Å². The number of ether oxygens (including phenoxy) is 1. The zero-order valence-electron chi connectivity index (χ0n) is 10.4. The van der Waals surface area contributed by atoms with Crippen molar-refractivity contribution >= 4 is 15.7 Å². The number of hydrogen-bond donors (Lipinski definition) is 2. The van der Waals surface area contributed by atoms with Crippen LogP contribution in [-0.4, -0.2) is 34.4 Å². The van der Waals surface area contributed by atoms with Crippen LogP contribution in [0.1, 0.15) is 11.1 Å². The van der Waals surface area contributed by atoms with Gasteiger partial charge in [-0.15, -0.1) is 0 Å². The molecule has 2 N–H and O–H groups in total. The highest BCUT2D eigenvalue weighted by atomic mass is 32.2. The number of hydrogen-bond acceptors (Lipinski definition) is 4. The van der Waals surface area contributed by atoms with Gasteiger partial charge in [0, 0.05) is 13.7 Å². The van der Waals surface area contributed by atoms with Crippen molar-refractivity contribution in [3.05, 3.63) is 29.3 Å². The van der Waals surface area contributed by atoms with Gasteiger partial charge >= 0.3 is 0 Å². The monoisotopic (exact) mass is 270 g/mol. The molecule has 5 nitrogen and oxygen atoms in total. The van der Waals surface area contributed by atoms with Crippen LogP contribution in [0.4, 0.5) is 5.69 Å². The van der Waals surface area contributed by atoms with E-state index >= 15 is 0 Å². The summed E-state index contributed by atoms with van der Waals surface area (Å²) >= 11 is 0. The number of benzene rings is 1. The van der Waals surface area contributed by atoms with Gasteiger partial charge in [-0.25, -0.2) is 8.42 Å². The Morgan fingerprint density at radius 1 is 1.44 bits per heavy atom. The Morgan fingerprint density at radius 2 is 2.28 bits per heavy atom. The van der Waals surface area contributed by atoms with E-state index in [2.05, 4.69) is 10.0 Å². The van der Waals surface area contributed by atoms with E-state index in [9.17, 15) is 8.42 Å². The van der Waals surface area contributed by atoms with E-state index < -0.39 is 10.0 Å². The van der Waals surface area contributed by atoms with Crippen LogP contribution in [0.25, 0.3) is 0 Å². The Morgan fingerprint density at radius 3 is 3.06 bits per heavy atom. The zero-order valence-corrected chi connectivity index (χ0v) is 11.2. The standard InChI is InChI=1S/C12H18N2O3S/c1-17-7-8-18(15,16)14-12-4-2-3-10-9-13-6-5-11(10)12/h2-4,13-14H,5-9H2,1H3. The van der Waals surface area contributed by atoms with Crippen molar-refractivity contribution < 1.29 is 13.2 Å². The van der Waals surface area contributed by atoms with Crippen molar-refractivity contribution in [1.29, 1.82) is 0 Å². The lowest BCUT2D eigenvalue weighted by molar-refractivity contribution is 0.217. The third kappa shape index (κ3) is 3.22. The molecule has 0 bridgehead atoms. The van der Waals surface area contributed by atoms with Crippen LogP contribution in [-0.2, 0) is 27.7 Å². The molecule has 0 fully saturated rings. The normalized spacial score (nSPS) is 15.2. The Hall–Kier alpha value is -1.11. The fourth-order valence-corrected chi connectivity index (χ4v) is 3.05. The molecule has 1 heterocycles. The lowest BCUT2D eigenvalue weighted by Gasteiger charge is -2.20. The summed E-state index contributed by atoms with van der Waals surface area (Å²) in [7, 11) is -1.83. The average Bonchev–Trinajstić information content (AvgIpc) is 2.37. The van der Waals surface area contributed by atoms with Gasteiger partial charge in [0.05, 0.1) is 18.0 Å². The number of fused-ring (bicyclic) bond motifs is 1. The van der Waals surface area contributed by atoms with Gasteiger partial charge in [0.2, 0.25) is 10.0 Å². The Kier molecular flexibility index (Phi) is 4.21. The summed E-state index contributed by atoms with van der Waals surface area (Å²) < 4.78 is 31.1. The molecule has 0 spiro atoms. The maximum atomic E-state index is 11.8. The molecule has 0 radical (unpaired) electrons. The number of methoxy groups -OCH3 is 1. The molecular formula is C12H18N2O3S. The molecule has 0 atom stereocenters. The van der Waals surface area contributed by atoms with Gasteiger partial charge in [-0.1, -0.05) is 12.1 Å². The summed E-state index contributed by atoms with van der Waals surface area (Å²) in [6.45, 7) is 1.87. The van der Waals surface area contributed by atoms with Crippen LogP contribution in [0.15, 0.2) is 18.2 Å². The van der Waals surface area contributed by atoms with Crippen molar-refractivity contribution in [1.82, 2.24) is 5.32 Å². The van der Waals surface area contributed by atoms with Gasteiger partial charge in [-0.05, 0) is 30.2 Å². The molecule has 18 heavy (non-hydrogen) atoms. The van der Waals surface area contributed by atoms with E-state index in [-0.39, 0.29) is 12.4 Å². The first-order valence-corrected chi connectivity index (χ1v) is 7.58. The van der Waals surface area contributed by atoms with E-state index in [0.29, 0.717) is 5.69 Å². The molecule has 100 valence electrons. The maximum Gasteiger partial charge on any atom is 0.235 e. The van der Waals surface area contributed by atoms with Crippen LogP contribution in [0.2, 0.25) is 0 Å². The molecule has 1 aromatic rings. The molecule has 1 aromatic carbocycles. The summed E-state index contributed by atoms with van der Waals surface area (Å²) in [5.74, 6) is -0.0224. The lowest BCUT2D eigenvalue weighted by atomic mass is 9.99.